The topological polar surface area (TPSA) is 72.2 Å². The lowest BCUT2D eigenvalue weighted by Crippen LogP contribution is -3.15. The molecule has 2 aromatic carbocycles. The van der Waals surface area contributed by atoms with E-state index in [1.165, 1.54) is 22.6 Å². The monoisotopic (exact) mass is 366 g/mol. The molecule has 2 N–H and O–H groups in total. The maximum Gasteiger partial charge on any atom is 0.295 e. The molecule has 27 heavy (non-hydrogen) atoms. The number of hydrazone groups is 1. The van der Waals surface area contributed by atoms with E-state index in [0.29, 0.717) is 12.3 Å². The Kier molecular flexibility index (Phi) is 6.57. The van der Waals surface area contributed by atoms with Crippen LogP contribution in [0.3, 0.4) is 0 Å². The van der Waals surface area contributed by atoms with Gasteiger partial charge in [-0.2, -0.15) is 5.10 Å². The number of hydrogen-bond donors (Lipinski definition) is 2. The molecule has 0 spiro atoms. The van der Waals surface area contributed by atoms with Gasteiger partial charge in [-0.15, -0.1) is 5.75 Å². The number of nitrogens with zero attached hydrogens (tertiary/aromatic N) is 2. The third-order valence-electron chi connectivity index (χ3n) is 4.84. The minimum atomic E-state index is -0.0821. The Balaban J connectivity index is 1.41. The molecular formula is C21H26N4O2. The number of rotatable bonds is 6. The predicted octanol–water partition coefficient (Wildman–Crippen LogP) is 0.00110. The second kappa shape index (κ2) is 9.30. The Bertz CT molecular complexity index is 767. The van der Waals surface area contributed by atoms with Crippen molar-refractivity contribution in [3.05, 3.63) is 65.7 Å². The van der Waals surface area contributed by atoms with Gasteiger partial charge in [0, 0.05) is 19.6 Å². The summed E-state index contributed by atoms with van der Waals surface area (Å²) in [4.78, 5) is 15.9. The fraction of sp³-hybridized carbons (Fsp3) is 0.333. The molecule has 1 fully saturated rings. The summed E-state index contributed by atoms with van der Waals surface area (Å²) in [5, 5.41) is 15.3. The Hall–Kier alpha value is -2.70. The van der Waals surface area contributed by atoms with E-state index in [-0.39, 0.29) is 11.7 Å². The lowest BCUT2D eigenvalue weighted by molar-refractivity contribution is -0.896. The number of nitrogens with one attached hydrogen (secondary N) is 2. The lowest BCUT2D eigenvalue weighted by atomic mass is 10.1. The molecule has 0 radical (unpaired) electrons. The van der Waals surface area contributed by atoms with Crippen LogP contribution in [-0.2, 0) is 11.3 Å². The van der Waals surface area contributed by atoms with E-state index >= 15 is 0 Å². The standard InChI is InChI=1S/C21H26N4O2/c1-17(19-7-9-20(26)10-8-19)22-23-21(27)16-25-13-11-24(12-14-25)15-18-5-3-2-4-6-18/h2-10,26H,11-16H2,1H3,(H,23,27). The van der Waals surface area contributed by atoms with Gasteiger partial charge in [0.25, 0.3) is 5.91 Å². The molecule has 6 nitrogen and oxygen atoms in total. The van der Waals surface area contributed by atoms with Crippen LogP contribution in [0.5, 0.6) is 5.75 Å². The minimum Gasteiger partial charge on any atom is -0.872 e. The van der Waals surface area contributed by atoms with Gasteiger partial charge < -0.3 is 10.0 Å². The number of hydrogen-bond acceptors (Lipinski definition) is 4. The predicted molar refractivity (Wildman–Crippen MR) is 104 cm³/mol. The van der Waals surface area contributed by atoms with E-state index in [0.717, 1.165) is 38.3 Å². The van der Waals surface area contributed by atoms with Crippen molar-refractivity contribution in [1.82, 2.24) is 10.3 Å². The Morgan fingerprint density at radius 3 is 2.44 bits per heavy atom. The van der Waals surface area contributed by atoms with Crippen LogP contribution in [0, 0.1) is 0 Å². The largest absolute Gasteiger partial charge is 0.872 e. The SMILES string of the molecule is CC(=NNC(=O)C[NH+]1CCN(Cc2ccccc2)CC1)c1ccc([O-])cc1. The third kappa shape index (κ3) is 5.91. The zero-order valence-corrected chi connectivity index (χ0v) is 15.6. The van der Waals surface area contributed by atoms with Crippen molar-refractivity contribution in [3.8, 4) is 5.75 Å². The van der Waals surface area contributed by atoms with Gasteiger partial charge in [-0.05, 0) is 18.1 Å². The molecular weight excluding hydrogens is 340 g/mol. The first-order chi connectivity index (χ1) is 13.1. The molecule has 1 amide bonds. The van der Waals surface area contributed by atoms with Gasteiger partial charge in [-0.3, -0.25) is 9.69 Å². The molecule has 1 saturated heterocycles. The summed E-state index contributed by atoms with van der Waals surface area (Å²) in [6, 6.07) is 16.9. The second-order valence-corrected chi connectivity index (χ2v) is 6.95. The van der Waals surface area contributed by atoms with E-state index in [2.05, 4.69) is 39.7 Å². The molecule has 142 valence electrons. The fourth-order valence-corrected chi connectivity index (χ4v) is 3.22. The highest BCUT2D eigenvalue weighted by molar-refractivity contribution is 5.99. The summed E-state index contributed by atoms with van der Waals surface area (Å²) in [7, 11) is 0. The van der Waals surface area contributed by atoms with E-state index in [1.54, 1.807) is 12.1 Å². The van der Waals surface area contributed by atoms with Crippen molar-refractivity contribution in [2.24, 2.45) is 5.10 Å². The smallest absolute Gasteiger partial charge is 0.295 e. The van der Waals surface area contributed by atoms with E-state index in [9.17, 15) is 9.90 Å². The Morgan fingerprint density at radius 2 is 1.78 bits per heavy atom. The molecule has 0 atom stereocenters. The van der Waals surface area contributed by atoms with E-state index in [4.69, 9.17) is 0 Å². The van der Waals surface area contributed by atoms with Crippen LogP contribution >= 0.6 is 0 Å². The lowest BCUT2D eigenvalue weighted by Gasteiger charge is -2.31. The molecule has 1 aliphatic rings. The molecule has 1 heterocycles. The Labute approximate surface area is 160 Å². The van der Waals surface area contributed by atoms with Crippen LogP contribution in [0.15, 0.2) is 59.7 Å². The average molecular weight is 366 g/mol. The highest BCUT2D eigenvalue weighted by Crippen LogP contribution is 2.07. The van der Waals surface area contributed by atoms with Gasteiger partial charge in [-0.1, -0.05) is 54.6 Å². The zero-order valence-electron chi connectivity index (χ0n) is 15.6. The maximum absolute atomic E-state index is 12.2. The van der Waals surface area contributed by atoms with Gasteiger partial charge in [0.1, 0.15) is 0 Å². The summed E-state index contributed by atoms with van der Waals surface area (Å²) in [5.41, 5.74) is 5.47. The van der Waals surface area contributed by atoms with Gasteiger partial charge >= 0.3 is 0 Å². The highest BCUT2D eigenvalue weighted by Gasteiger charge is 2.22. The summed E-state index contributed by atoms with van der Waals surface area (Å²) >= 11 is 0. The van der Waals surface area contributed by atoms with E-state index < -0.39 is 0 Å². The van der Waals surface area contributed by atoms with Crippen LogP contribution in [0.4, 0.5) is 0 Å². The number of quaternary nitrogens is 1. The molecule has 0 bridgehead atoms. The number of benzene rings is 2. The first kappa shape index (κ1) is 19.1. The number of carbonyl (C=O) groups excluding carboxylic acids is 1. The highest BCUT2D eigenvalue weighted by atomic mass is 16.3. The molecule has 0 unspecified atom stereocenters. The van der Waals surface area contributed by atoms with Crippen molar-refractivity contribution >= 4 is 11.6 Å². The normalized spacial score (nSPS) is 16.3. The Morgan fingerprint density at radius 1 is 1.11 bits per heavy atom. The van der Waals surface area contributed by atoms with Gasteiger partial charge in [0.15, 0.2) is 6.54 Å². The fourth-order valence-electron chi connectivity index (χ4n) is 3.22. The number of piperazine rings is 1. The van der Waals surface area contributed by atoms with Crippen molar-refractivity contribution in [2.45, 2.75) is 13.5 Å². The van der Waals surface area contributed by atoms with E-state index in [1.807, 2.05) is 13.0 Å². The number of carbonyl (C=O) groups is 1. The third-order valence-corrected chi connectivity index (χ3v) is 4.84. The second-order valence-electron chi connectivity index (χ2n) is 6.95. The van der Waals surface area contributed by atoms with Crippen molar-refractivity contribution in [1.29, 1.82) is 0 Å². The zero-order chi connectivity index (χ0) is 19.1. The molecule has 1 aliphatic heterocycles. The first-order valence-electron chi connectivity index (χ1n) is 9.30. The molecule has 0 aliphatic carbocycles. The summed E-state index contributed by atoms with van der Waals surface area (Å²) in [6.07, 6.45) is 0. The van der Waals surface area contributed by atoms with Crippen LogP contribution in [-0.4, -0.2) is 49.2 Å². The molecule has 0 saturated carbocycles. The van der Waals surface area contributed by atoms with Crippen molar-refractivity contribution in [2.75, 3.05) is 32.7 Å². The molecule has 6 heteroatoms. The quantitative estimate of drug-likeness (QED) is 0.558. The van der Waals surface area contributed by atoms with Crippen molar-refractivity contribution in [3.63, 3.8) is 0 Å². The molecule has 2 aromatic rings. The van der Waals surface area contributed by atoms with Crippen LogP contribution in [0.25, 0.3) is 0 Å². The van der Waals surface area contributed by atoms with Crippen LogP contribution < -0.4 is 15.4 Å². The maximum atomic E-state index is 12.2. The van der Waals surface area contributed by atoms with Crippen molar-refractivity contribution < 1.29 is 14.8 Å². The average Bonchev–Trinajstić information content (AvgIpc) is 2.69. The minimum absolute atomic E-state index is 0.0365. The van der Waals surface area contributed by atoms with Gasteiger partial charge in [0.2, 0.25) is 0 Å². The van der Waals surface area contributed by atoms with Crippen LogP contribution in [0.2, 0.25) is 0 Å². The molecule has 0 aromatic heterocycles. The first-order valence-corrected chi connectivity index (χ1v) is 9.30. The summed E-state index contributed by atoms with van der Waals surface area (Å²) < 4.78 is 0. The van der Waals surface area contributed by atoms with Gasteiger partial charge in [0.05, 0.1) is 18.8 Å². The summed E-state index contributed by atoms with van der Waals surface area (Å²) in [6.45, 7) is 7.08. The van der Waals surface area contributed by atoms with Gasteiger partial charge in [-0.25, -0.2) is 5.43 Å². The molecule has 3 rings (SSSR count). The summed E-state index contributed by atoms with van der Waals surface area (Å²) in [5.74, 6) is -0.119. The van der Waals surface area contributed by atoms with Crippen LogP contribution in [0.1, 0.15) is 18.1 Å². The number of amides is 1.